The molecule has 0 bridgehead atoms. The number of rotatable bonds is 7. The molecule has 0 aliphatic heterocycles. The molecule has 0 radical (unpaired) electrons. The van der Waals surface area contributed by atoms with Crippen molar-refractivity contribution >= 4 is 34.8 Å². The Hall–Kier alpha value is -0.690. The van der Waals surface area contributed by atoms with Crippen LogP contribution in [0.25, 0.3) is 0 Å². The SMILES string of the molecule is CCCC(Cl)(Cl)CCC(Cl)(c1ccccc1)c1ccccc1. The molecule has 3 heteroatoms. The zero-order valence-electron chi connectivity index (χ0n) is 12.7. The van der Waals surface area contributed by atoms with Crippen LogP contribution in [0.3, 0.4) is 0 Å². The summed E-state index contributed by atoms with van der Waals surface area (Å²) in [5.74, 6) is 0. The Kier molecular flexibility index (Phi) is 6.20. The van der Waals surface area contributed by atoms with Crippen molar-refractivity contribution in [3.8, 4) is 0 Å². The lowest BCUT2D eigenvalue weighted by Gasteiger charge is -2.31. The van der Waals surface area contributed by atoms with Crippen molar-refractivity contribution in [1.82, 2.24) is 0 Å². The van der Waals surface area contributed by atoms with Crippen molar-refractivity contribution in [1.29, 1.82) is 0 Å². The highest BCUT2D eigenvalue weighted by molar-refractivity contribution is 6.48. The van der Waals surface area contributed by atoms with Crippen LogP contribution in [0.15, 0.2) is 60.7 Å². The van der Waals surface area contributed by atoms with Gasteiger partial charge in [-0.05, 0) is 30.4 Å². The van der Waals surface area contributed by atoms with Gasteiger partial charge in [0.05, 0.1) is 4.87 Å². The molecule has 0 aliphatic carbocycles. The summed E-state index contributed by atoms with van der Waals surface area (Å²) < 4.78 is -0.724. The molecule has 2 aromatic rings. The van der Waals surface area contributed by atoms with Gasteiger partial charge in [0, 0.05) is 0 Å². The van der Waals surface area contributed by atoms with Gasteiger partial charge in [0.1, 0.15) is 4.33 Å². The molecule has 118 valence electrons. The predicted molar refractivity (Wildman–Crippen MR) is 98.1 cm³/mol. The maximum Gasteiger partial charge on any atom is 0.118 e. The zero-order valence-corrected chi connectivity index (χ0v) is 15.0. The summed E-state index contributed by atoms with van der Waals surface area (Å²) in [7, 11) is 0. The van der Waals surface area contributed by atoms with Crippen molar-refractivity contribution in [3.63, 3.8) is 0 Å². The second-order valence-corrected chi connectivity index (χ2v) is 7.92. The van der Waals surface area contributed by atoms with Gasteiger partial charge in [-0.15, -0.1) is 34.8 Å². The highest BCUT2D eigenvalue weighted by Gasteiger charge is 2.35. The van der Waals surface area contributed by atoms with Gasteiger partial charge in [-0.25, -0.2) is 0 Å². The molecule has 0 unspecified atom stereocenters. The highest BCUT2D eigenvalue weighted by Crippen LogP contribution is 2.44. The Labute approximate surface area is 148 Å². The number of hydrogen-bond acceptors (Lipinski definition) is 0. The number of halogens is 3. The third-order valence-corrected chi connectivity index (χ3v) is 5.30. The molecule has 0 heterocycles. The fourth-order valence-corrected chi connectivity index (χ4v) is 3.62. The molecule has 2 aromatic carbocycles. The lowest BCUT2D eigenvalue weighted by molar-refractivity contribution is 0.538. The summed E-state index contributed by atoms with van der Waals surface area (Å²) in [5, 5.41) is 0. The second-order valence-electron chi connectivity index (χ2n) is 5.64. The first kappa shape index (κ1) is 17.7. The molecule has 0 spiro atoms. The molecule has 22 heavy (non-hydrogen) atoms. The van der Waals surface area contributed by atoms with Crippen molar-refractivity contribution in [2.45, 2.75) is 41.8 Å². The predicted octanol–water partition coefficient (Wildman–Crippen LogP) is 6.92. The maximum absolute atomic E-state index is 7.08. The summed E-state index contributed by atoms with van der Waals surface area (Å²) in [5.41, 5.74) is 2.15. The van der Waals surface area contributed by atoms with E-state index in [1.807, 2.05) is 36.4 Å². The van der Waals surface area contributed by atoms with Crippen LogP contribution in [-0.4, -0.2) is 4.33 Å². The Morgan fingerprint density at radius 2 is 1.14 bits per heavy atom. The average molecular weight is 356 g/mol. The van der Waals surface area contributed by atoms with Crippen molar-refractivity contribution in [2.75, 3.05) is 0 Å². The van der Waals surface area contributed by atoms with Gasteiger partial charge in [0.2, 0.25) is 0 Å². The van der Waals surface area contributed by atoms with Crippen LogP contribution in [0.2, 0.25) is 0 Å². The number of alkyl halides is 3. The Morgan fingerprint density at radius 3 is 1.55 bits per heavy atom. The molecular formula is C19H21Cl3. The van der Waals surface area contributed by atoms with Crippen molar-refractivity contribution < 1.29 is 0 Å². The van der Waals surface area contributed by atoms with E-state index in [1.54, 1.807) is 0 Å². The van der Waals surface area contributed by atoms with Crippen LogP contribution in [0.1, 0.15) is 43.7 Å². The van der Waals surface area contributed by atoms with E-state index >= 15 is 0 Å². The molecule has 0 amide bonds. The normalized spacial score (nSPS) is 12.4. The van der Waals surface area contributed by atoms with Gasteiger partial charge in [-0.3, -0.25) is 0 Å². The minimum atomic E-state index is -0.724. The lowest BCUT2D eigenvalue weighted by atomic mass is 9.85. The molecule has 0 N–H and O–H groups in total. The summed E-state index contributed by atoms with van der Waals surface area (Å²) >= 11 is 19.9. The Bertz CT molecular complexity index is 524. The third-order valence-electron chi connectivity index (χ3n) is 3.91. The quantitative estimate of drug-likeness (QED) is 0.473. The summed E-state index contributed by atoms with van der Waals surface area (Å²) in [6.45, 7) is 2.09. The van der Waals surface area contributed by atoms with Gasteiger partial charge in [0.15, 0.2) is 0 Å². The van der Waals surface area contributed by atoms with E-state index in [1.165, 1.54) is 0 Å². The van der Waals surface area contributed by atoms with E-state index in [4.69, 9.17) is 34.8 Å². The minimum absolute atomic E-state index is 0.606. The standard InChI is InChI=1S/C19H21Cl3/c1-2-13-18(20,21)14-15-19(22,16-9-5-3-6-10-16)17-11-7-4-8-12-17/h3-12H,2,13-15H2,1H3. The lowest BCUT2D eigenvalue weighted by Crippen LogP contribution is -2.24. The molecular weight excluding hydrogens is 335 g/mol. The van der Waals surface area contributed by atoms with Crippen LogP contribution in [0, 0.1) is 0 Å². The number of hydrogen-bond donors (Lipinski definition) is 0. The van der Waals surface area contributed by atoms with Crippen LogP contribution in [-0.2, 0) is 4.87 Å². The molecule has 0 atom stereocenters. The topological polar surface area (TPSA) is 0 Å². The van der Waals surface area contributed by atoms with Gasteiger partial charge in [-0.1, -0.05) is 74.0 Å². The first-order chi connectivity index (χ1) is 10.5. The molecule has 0 fully saturated rings. The van der Waals surface area contributed by atoms with E-state index in [9.17, 15) is 0 Å². The van der Waals surface area contributed by atoms with Crippen molar-refractivity contribution in [3.05, 3.63) is 71.8 Å². The van der Waals surface area contributed by atoms with E-state index in [-0.39, 0.29) is 0 Å². The van der Waals surface area contributed by atoms with Gasteiger partial charge in [-0.2, -0.15) is 0 Å². The molecule has 0 nitrogen and oxygen atoms in total. The van der Waals surface area contributed by atoms with Gasteiger partial charge >= 0.3 is 0 Å². The van der Waals surface area contributed by atoms with Crippen LogP contribution in [0.4, 0.5) is 0 Å². The molecule has 0 aliphatic rings. The first-order valence-electron chi connectivity index (χ1n) is 7.66. The second kappa shape index (κ2) is 7.73. The van der Waals surface area contributed by atoms with Crippen LogP contribution in [0.5, 0.6) is 0 Å². The molecule has 2 rings (SSSR count). The van der Waals surface area contributed by atoms with E-state index in [0.29, 0.717) is 12.8 Å². The smallest absolute Gasteiger partial charge is 0.109 e. The maximum atomic E-state index is 7.08. The minimum Gasteiger partial charge on any atom is -0.109 e. The summed E-state index contributed by atoms with van der Waals surface area (Å²) in [4.78, 5) is -0.606. The fraction of sp³-hybridized carbons (Fsp3) is 0.368. The van der Waals surface area contributed by atoms with Crippen LogP contribution >= 0.6 is 34.8 Å². The molecule has 0 saturated heterocycles. The first-order valence-corrected chi connectivity index (χ1v) is 8.79. The van der Waals surface area contributed by atoms with Crippen LogP contribution < -0.4 is 0 Å². The Morgan fingerprint density at radius 1 is 0.682 bits per heavy atom. The Balaban J connectivity index is 2.31. The van der Waals surface area contributed by atoms with E-state index in [2.05, 4.69) is 31.2 Å². The largest absolute Gasteiger partial charge is 0.118 e. The third kappa shape index (κ3) is 4.41. The fourth-order valence-electron chi connectivity index (χ4n) is 2.71. The van der Waals surface area contributed by atoms with E-state index in [0.717, 1.165) is 24.0 Å². The number of benzene rings is 2. The molecule has 0 aromatic heterocycles. The highest BCUT2D eigenvalue weighted by atomic mass is 35.5. The van der Waals surface area contributed by atoms with Crippen molar-refractivity contribution in [2.24, 2.45) is 0 Å². The zero-order chi connectivity index (χ0) is 16.1. The molecule has 0 saturated carbocycles. The van der Waals surface area contributed by atoms with Gasteiger partial charge < -0.3 is 0 Å². The average Bonchev–Trinajstić information content (AvgIpc) is 2.54. The van der Waals surface area contributed by atoms with E-state index < -0.39 is 9.21 Å². The van der Waals surface area contributed by atoms with Gasteiger partial charge in [0.25, 0.3) is 0 Å². The summed E-state index contributed by atoms with van der Waals surface area (Å²) in [6.07, 6.45) is 3.07. The monoisotopic (exact) mass is 354 g/mol. The summed E-state index contributed by atoms with van der Waals surface area (Å²) in [6, 6.07) is 20.3.